The predicted octanol–water partition coefficient (Wildman–Crippen LogP) is 1.63. The monoisotopic (exact) mass is 310 g/mol. The fourth-order valence-corrected chi connectivity index (χ4v) is 3.47. The van der Waals surface area contributed by atoms with Gasteiger partial charge in [-0.05, 0) is 39.0 Å². The quantitative estimate of drug-likeness (QED) is 0.308. The smallest absolute Gasteiger partial charge is 0.330 e. The zero-order valence-corrected chi connectivity index (χ0v) is 13.1. The van der Waals surface area contributed by atoms with E-state index >= 15 is 0 Å². The Kier molecular flexibility index (Phi) is 4.58. The minimum atomic E-state index is -1.25. The second-order valence-electron chi connectivity index (χ2n) is 5.98. The van der Waals surface area contributed by atoms with Crippen molar-refractivity contribution in [3.8, 4) is 0 Å². The fourth-order valence-electron chi connectivity index (χ4n) is 3.47. The van der Waals surface area contributed by atoms with Crippen molar-refractivity contribution < 1.29 is 28.6 Å². The third-order valence-corrected chi connectivity index (χ3v) is 4.61. The van der Waals surface area contributed by atoms with Crippen molar-refractivity contribution in [1.82, 2.24) is 0 Å². The van der Waals surface area contributed by atoms with Crippen LogP contribution in [0.4, 0.5) is 0 Å². The van der Waals surface area contributed by atoms with Gasteiger partial charge in [0.05, 0.1) is 19.8 Å². The predicted molar refractivity (Wildman–Crippen MR) is 76.6 cm³/mol. The number of esters is 3. The van der Waals surface area contributed by atoms with Gasteiger partial charge in [0.2, 0.25) is 0 Å². The Morgan fingerprint density at radius 3 is 2.18 bits per heavy atom. The molecule has 0 amide bonds. The first-order chi connectivity index (χ1) is 10.4. The third kappa shape index (κ3) is 2.74. The fraction of sp³-hybridized carbons (Fsp3) is 0.688. The molecule has 0 heterocycles. The molecule has 0 aliphatic heterocycles. The summed E-state index contributed by atoms with van der Waals surface area (Å²) in [6.07, 6.45) is 2.66. The second kappa shape index (κ2) is 6.10. The van der Waals surface area contributed by atoms with E-state index in [1.54, 1.807) is 13.8 Å². The number of fused-ring (bicyclic) bond motifs is 1. The van der Waals surface area contributed by atoms with Crippen LogP contribution in [0.5, 0.6) is 0 Å². The zero-order chi connectivity index (χ0) is 16.4. The lowest BCUT2D eigenvalue weighted by atomic mass is 9.80. The van der Waals surface area contributed by atoms with Gasteiger partial charge in [0.1, 0.15) is 0 Å². The molecule has 2 aliphatic carbocycles. The first kappa shape index (κ1) is 16.5. The average molecular weight is 310 g/mol. The summed E-state index contributed by atoms with van der Waals surface area (Å²) in [5.74, 6) is -1.38. The number of rotatable bonds is 7. The lowest BCUT2D eigenvalue weighted by Gasteiger charge is -2.27. The normalized spacial score (nSPS) is 27.5. The topological polar surface area (TPSA) is 78.9 Å². The highest BCUT2D eigenvalue weighted by atomic mass is 16.6. The SMILES string of the molecule is C=CC(=O)OCC12CC1CC(C(=O)OCC)(C(=O)OCC)C2. The largest absolute Gasteiger partial charge is 0.465 e. The van der Waals surface area contributed by atoms with E-state index in [4.69, 9.17) is 14.2 Å². The van der Waals surface area contributed by atoms with Crippen LogP contribution >= 0.6 is 0 Å². The molecule has 22 heavy (non-hydrogen) atoms. The van der Waals surface area contributed by atoms with E-state index in [1.807, 2.05) is 0 Å². The van der Waals surface area contributed by atoms with Crippen LogP contribution in [0.1, 0.15) is 33.1 Å². The number of hydrogen-bond acceptors (Lipinski definition) is 6. The molecule has 2 unspecified atom stereocenters. The summed E-state index contributed by atoms with van der Waals surface area (Å²) in [5, 5.41) is 0. The molecule has 0 N–H and O–H groups in total. The third-order valence-electron chi connectivity index (χ3n) is 4.61. The van der Waals surface area contributed by atoms with Gasteiger partial charge in [-0.15, -0.1) is 0 Å². The van der Waals surface area contributed by atoms with Crippen molar-refractivity contribution in [2.45, 2.75) is 33.1 Å². The van der Waals surface area contributed by atoms with Crippen LogP contribution < -0.4 is 0 Å². The summed E-state index contributed by atoms with van der Waals surface area (Å²) in [4.78, 5) is 35.9. The first-order valence-corrected chi connectivity index (χ1v) is 7.57. The van der Waals surface area contributed by atoms with Crippen LogP contribution in [0.2, 0.25) is 0 Å². The molecular weight excluding hydrogens is 288 g/mol. The average Bonchev–Trinajstić information content (AvgIpc) is 3.06. The van der Waals surface area contributed by atoms with Gasteiger partial charge in [-0.3, -0.25) is 9.59 Å². The van der Waals surface area contributed by atoms with Crippen LogP contribution in [0, 0.1) is 16.7 Å². The summed E-state index contributed by atoms with van der Waals surface area (Å²) >= 11 is 0. The van der Waals surface area contributed by atoms with Gasteiger partial charge in [-0.25, -0.2) is 4.79 Å². The van der Waals surface area contributed by atoms with Crippen LogP contribution in [0.25, 0.3) is 0 Å². The molecule has 2 rings (SSSR count). The van der Waals surface area contributed by atoms with Gasteiger partial charge >= 0.3 is 17.9 Å². The minimum Gasteiger partial charge on any atom is -0.465 e. The van der Waals surface area contributed by atoms with Crippen molar-refractivity contribution in [3.63, 3.8) is 0 Å². The Morgan fingerprint density at radius 2 is 1.68 bits per heavy atom. The summed E-state index contributed by atoms with van der Waals surface area (Å²) in [7, 11) is 0. The van der Waals surface area contributed by atoms with E-state index in [0.29, 0.717) is 12.8 Å². The van der Waals surface area contributed by atoms with Gasteiger partial charge in [0, 0.05) is 11.5 Å². The summed E-state index contributed by atoms with van der Waals surface area (Å²) in [6.45, 7) is 7.38. The Labute approximate surface area is 129 Å². The van der Waals surface area contributed by atoms with Crippen LogP contribution in [-0.2, 0) is 28.6 Å². The first-order valence-electron chi connectivity index (χ1n) is 7.57. The molecule has 0 saturated heterocycles. The highest BCUT2D eigenvalue weighted by Crippen LogP contribution is 2.69. The van der Waals surface area contributed by atoms with Crippen LogP contribution in [0.15, 0.2) is 12.7 Å². The molecule has 0 bridgehead atoms. The Bertz CT molecular complexity index is 479. The summed E-state index contributed by atoms with van der Waals surface area (Å²) < 4.78 is 15.3. The highest BCUT2D eigenvalue weighted by Gasteiger charge is 2.71. The number of ether oxygens (including phenoxy) is 3. The summed E-state index contributed by atoms with van der Waals surface area (Å²) in [6, 6.07) is 0. The zero-order valence-electron chi connectivity index (χ0n) is 13.1. The molecule has 2 fully saturated rings. The molecule has 6 heteroatoms. The molecule has 6 nitrogen and oxygen atoms in total. The molecule has 0 aromatic rings. The minimum absolute atomic E-state index is 0.180. The Hall–Kier alpha value is -1.85. The van der Waals surface area contributed by atoms with Crippen molar-refractivity contribution in [2.75, 3.05) is 19.8 Å². The lowest BCUT2D eigenvalue weighted by molar-refractivity contribution is -0.173. The second-order valence-corrected chi connectivity index (χ2v) is 5.98. The van der Waals surface area contributed by atoms with Crippen molar-refractivity contribution in [3.05, 3.63) is 12.7 Å². The molecule has 0 radical (unpaired) electrons. The molecule has 0 spiro atoms. The van der Waals surface area contributed by atoms with E-state index < -0.39 is 23.3 Å². The lowest BCUT2D eigenvalue weighted by Crippen LogP contribution is -2.42. The number of carbonyl (C=O) groups excluding carboxylic acids is 3. The molecule has 2 aliphatic rings. The maximum absolute atomic E-state index is 12.3. The molecule has 122 valence electrons. The van der Waals surface area contributed by atoms with E-state index in [9.17, 15) is 14.4 Å². The van der Waals surface area contributed by atoms with Gasteiger partial charge in [0.25, 0.3) is 0 Å². The van der Waals surface area contributed by atoms with Crippen molar-refractivity contribution in [1.29, 1.82) is 0 Å². The maximum atomic E-state index is 12.3. The van der Waals surface area contributed by atoms with Crippen molar-refractivity contribution >= 4 is 17.9 Å². The Balaban J connectivity index is 2.13. The van der Waals surface area contributed by atoms with Gasteiger partial charge in [-0.2, -0.15) is 0 Å². The molecule has 0 aromatic heterocycles. The van der Waals surface area contributed by atoms with Gasteiger partial charge in [0.15, 0.2) is 5.41 Å². The van der Waals surface area contributed by atoms with Crippen LogP contribution in [-0.4, -0.2) is 37.7 Å². The van der Waals surface area contributed by atoms with E-state index in [-0.39, 0.29) is 31.2 Å². The number of carbonyl (C=O) groups is 3. The number of hydrogen-bond donors (Lipinski definition) is 0. The Morgan fingerprint density at radius 1 is 1.09 bits per heavy atom. The van der Waals surface area contributed by atoms with Crippen LogP contribution in [0.3, 0.4) is 0 Å². The van der Waals surface area contributed by atoms with E-state index in [1.165, 1.54) is 0 Å². The standard InChI is InChI=1S/C16H22O6/c1-4-12(17)22-10-15-7-11(15)8-16(9-15,13(18)20-5-2)14(19)21-6-3/h4,11H,1,5-10H2,2-3H3. The van der Waals surface area contributed by atoms with E-state index in [2.05, 4.69) is 6.58 Å². The molecular formula is C16H22O6. The van der Waals surface area contributed by atoms with E-state index in [0.717, 1.165) is 12.5 Å². The molecule has 0 aromatic carbocycles. The molecule has 2 saturated carbocycles. The van der Waals surface area contributed by atoms with Gasteiger partial charge < -0.3 is 14.2 Å². The summed E-state index contributed by atoms with van der Waals surface area (Å²) in [5.41, 5.74) is -1.56. The highest BCUT2D eigenvalue weighted by molar-refractivity contribution is 6.01. The molecule has 2 atom stereocenters. The van der Waals surface area contributed by atoms with Crippen molar-refractivity contribution in [2.24, 2.45) is 16.7 Å². The maximum Gasteiger partial charge on any atom is 0.330 e. The van der Waals surface area contributed by atoms with Gasteiger partial charge in [-0.1, -0.05) is 6.58 Å².